The van der Waals surface area contributed by atoms with Crippen molar-refractivity contribution in [2.75, 3.05) is 25.5 Å². The van der Waals surface area contributed by atoms with E-state index in [-0.39, 0.29) is 17.7 Å². The lowest BCUT2D eigenvalue weighted by atomic mass is 10.1. The van der Waals surface area contributed by atoms with Crippen molar-refractivity contribution >= 4 is 17.5 Å². The maximum absolute atomic E-state index is 12.7. The molecule has 3 heterocycles. The van der Waals surface area contributed by atoms with Crippen molar-refractivity contribution in [3.05, 3.63) is 65.8 Å². The van der Waals surface area contributed by atoms with Crippen LogP contribution in [-0.4, -0.2) is 56.4 Å². The Morgan fingerprint density at radius 2 is 1.97 bits per heavy atom. The van der Waals surface area contributed by atoms with E-state index >= 15 is 0 Å². The topological polar surface area (TPSA) is 102 Å². The van der Waals surface area contributed by atoms with E-state index in [1.54, 1.807) is 73.4 Å². The van der Waals surface area contributed by atoms with Crippen LogP contribution in [0.15, 0.2) is 42.9 Å². The van der Waals surface area contributed by atoms with Crippen LogP contribution in [-0.2, 0) is 7.05 Å². The highest BCUT2D eigenvalue weighted by Gasteiger charge is 2.31. The molecule has 1 saturated heterocycles. The largest absolute Gasteiger partial charge is 0.497 e. The SMILES string of the molecule is COc1ccc(NC(=O)c2cnc([C@H]3CCN(C(=O)c4nccn4C)C3)nc2C)cc1. The highest BCUT2D eigenvalue weighted by atomic mass is 16.5. The Morgan fingerprint density at radius 3 is 2.61 bits per heavy atom. The molecule has 4 rings (SSSR count). The fraction of sp³-hybridized carbons (Fsp3) is 0.318. The zero-order valence-electron chi connectivity index (χ0n) is 17.7. The van der Waals surface area contributed by atoms with Crippen molar-refractivity contribution in [1.29, 1.82) is 0 Å². The van der Waals surface area contributed by atoms with E-state index in [4.69, 9.17) is 4.74 Å². The third-order valence-electron chi connectivity index (χ3n) is 5.44. The first-order valence-electron chi connectivity index (χ1n) is 10.0. The molecule has 0 radical (unpaired) electrons. The number of nitrogens with zero attached hydrogens (tertiary/aromatic N) is 5. The number of carbonyl (C=O) groups is 2. The standard InChI is InChI=1S/C22H24N6O3/c1-14-18(21(29)26-16-4-6-17(31-3)7-5-16)12-24-19(25-14)15-8-10-28(13-15)22(30)20-23-9-11-27(20)2/h4-7,9,11-12,15H,8,10,13H2,1-3H3,(H,26,29)/t15-/m0/s1. The van der Waals surface area contributed by atoms with E-state index in [9.17, 15) is 9.59 Å². The molecule has 0 spiro atoms. The van der Waals surface area contributed by atoms with Crippen LogP contribution < -0.4 is 10.1 Å². The molecule has 3 aromatic rings. The van der Waals surface area contributed by atoms with E-state index in [1.165, 1.54) is 0 Å². The van der Waals surface area contributed by atoms with Crippen molar-refractivity contribution in [2.45, 2.75) is 19.3 Å². The van der Waals surface area contributed by atoms with Gasteiger partial charge >= 0.3 is 0 Å². The van der Waals surface area contributed by atoms with Crippen molar-refractivity contribution in [3.63, 3.8) is 0 Å². The van der Waals surface area contributed by atoms with Gasteiger partial charge in [-0.05, 0) is 37.6 Å². The summed E-state index contributed by atoms with van der Waals surface area (Å²) in [6, 6.07) is 7.10. The molecule has 1 aliphatic heterocycles. The van der Waals surface area contributed by atoms with Crippen molar-refractivity contribution in [3.8, 4) is 5.75 Å². The van der Waals surface area contributed by atoms with Gasteiger partial charge in [-0.25, -0.2) is 15.0 Å². The lowest BCUT2D eigenvalue weighted by Crippen LogP contribution is -2.30. The number of likely N-dealkylation sites (tertiary alicyclic amines) is 1. The number of hydrogen-bond acceptors (Lipinski definition) is 6. The van der Waals surface area contributed by atoms with Crippen molar-refractivity contribution < 1.29 is 14.3 Å². The number of aryl methyl sites for hydroxylation is 2. The lowest BCUT2D eigenvalue weighted by molar-refractivity contribution is 0.0774. The number of ether oxygens (including phenoxy) is 1. The monoisotopic (exact) mass is 420 g/mol. The number of benzene rings is 1. The average molecular weight is 420 g/mol. The molecule has 9 heteroatoms. The molecule has 0 saturated carbocycles. The number of methoxy groups -OCH3 is 1. The first-order valence-corrected chi connectivity index (χ1v) is 10.0. The van der Waals surface area contributed by atoms with E-state index in [0.717, 1.165) is 6.42 Å². The Morgan fingerprint density at radius 1 is 1.19 bits per heavy atom. The molecule has 1 aromatic carbocycles. The van der Waals surface area contributed by atoms with Gasteiger partial charge in [0.25, 0.3) is 11.8 Å². The van der Waals surface area contributed by atoms with Gasteiger partial charge in [0.2, 0.25) is 0 Å². The van der Waals surface area contributed by atoms with Crippen LogP contribution in [0.1, 0.15) is 44.8 Å². The minimum absolute atomic E-state index is 0.0293. The van der Waals surface area contributed by atoms with Gasteiger partial charge in [-0.15, -0.1) is 0 Å². The van der Waals surface area contributed by atoms with Crippen LogP contribution in [0.3, 0.4) is 0 Å². The highest BCUT2D eigenvalue weighted by molar-refractivity contribution is 6.04. The second-order valence-electron chi connectivity index (χ2n) is 7.51. The molecule has 1 aliphatic rings. The molecule has 9 nitrogen and oxygen atoms in total. The summed E-state index contributed by atoms with van der Waals surface area (Å²) >= 11 is 0. The number of imidazole rings is 1. The molecule has 31 heavy (non-hydrogen) atoms. The van der Waals surface area contributed by atoms with Gasteiger partial charge in [-0.3, -0.25) is 9.59 Å². The molecular weight excluding hydrogens is 396 g/mol. The summed E-state index contributed by atoms with van der Waals surface area (Å²) in [5.41, 5.74) is 1.68. The van der Waals surface area contributed by atoms with Gasteiger partial charge in [-0.1, -0.05) is 0 Å². The maximum Gasteiger partial charge on any atom is 0.289 e. The minimum Gasteiger partial charge on any atom is -0.497 e. The van der Waals surface area contributed by atoms with Gasteiger partial charge in [0.05, 0.1) is 18.4 Å². The first kappa shape index (κ1) is 20.5. The van der Waals surface area contributed by atoms with Crippen molar-refractivity contribution in [2.24, 2.45) is 7.05 Å². The Balaban J connectivity index is 1.43. The molecule has 1 fully saturated rings. The second kappa shape index (κ2) is 8.55. The van der Waals surface area contributed by atoms with Crippen LogP contribution in [0.2, 0.25) is 0 Å². The Bertz CT molecular complexity index is 1110. The van der Waals surface area contributed by atoms with Gasteiger partial charge in [0, 0.05) is 50.3 Å². The van der Waals surface area contributed by atoms with E-state index in [1.807, 2.05) is 0 Å². The number of amides is 2. The predicted molar refractivity (Wildman–Crippen MR) is 114 cm³/mol. The molecule has 0 aliphatic carbocycles. The predicted octanol–water partition coefficient (Wildman–Crippen LogP) is 2.41. The summed E-state index contributed by atoms with van der Waals surface area (Å²) in [6.45, 7) is 2.95. The smallest absolute Gasteiger partial charge is 0.289 e. The quantitative estimate of drug-likeness (QED) is 0.680. The van der Waals surface area contributed by atoms with Crippen molar-refractivity contribution in [1.82, 2.24) is 24.4 Å². The fourth-order valence-corrected chi connectivity index (χ4v) is 3.65. The summed E-state index contributed by atoms with van der Waals surface area (Å²) in [7, 11) is 3.39. The van der Waals surface area contributed by atoms with Crippen LogP contribution in [0, 0.1) is 6.92 Å². The second-order valence-corrected chi connectivity index (χ2v) is 7.51. The zero-order valence-corrected chi connectivity index (χ0v) is 17.7. The van der Waals surface area contributed by atoms with Gasteiger partial charge in [-0.2, -0.15) is 0 Å². The van der Waals surface area contributed by atoms with E-state index in [0.29, 0.717) is 47.4 Å². The average Bonchev–Trinajstić information content (AvgIpc) is 3.43. The Kier molecular flexibility index (Phi) is 5.66. The molecule has 1 atom stereocenters. The summed E-state index contributed by atoms with van der Waals surface area (Å²) in [6.07, 6.45) is 5.69. The minimum atomic E-state index is -0.271. The zero-order chi connectivity index (χ0) is 22.0. The third kappa shape index (κ3) is 4.25. The first-order chi connectivity index (χ1) is 15.0. The number of rotatable bonds is 5. The Labute approximate surface area is 180 Å². The van der Waals surface area contributed by atoms with E-state index < -0.39 is 0 Å². The summed E-state index contributed by atoms with van der Waals surface area (Å²) in [5, 5.41) is 2.85. The fourth-order valence-electron chi connectivity index (χ4n) is 3.65. The molecule has 2 aromatic heterocycles. The third-order valence-corrected chi connectivity index (χ3v) is 5.44. The molecule has 2 amide bonds. The lowest BCUT2D eigenvalue weighted by Gasteiger charge is -2.16. The number of hydrogen-bond donors (Lipinski definition) is 1. The van der Waals surface area contributed by atoms with Gasteiger partial charge in [0.15, 0.2) is 5.82 Å². The van der Waals surface area contributed by atoms with Crippen LogP contribution in [0.4, 0.5) is 5.69 Å². The number of nitrogens with one attached hydrogen (secondary N) is 1. The maximum atomic E-state index is 12.7. The normalized spacial score (nSPS) is 15.7. The molecule has 0 bridgehead atoms. The number of anilines is 1. The number of aromatic nitrogens is 4. The summed E-state index contributed by atoms with van der Waals surface area (Å²) in [4.78, 5) is 40.2. The van der Waals surface area contributed by atoms with E-state index in [2.05, 4.69) is 20.3 Å². The Hall–Kier alpha value is -3.75. The molecule has 0 unspecified atom stereocenters. The van der Waals surface area contributed by atoms with Gasteiger partial charge < -0.3 is 19.5 Å². The summed E-state index contributed by atoms with van der Waals surface area (Å²) < 4.78 is 6.84. The summed E-state index contributed by atoms with van der Waals surface area (Å²) in [5.74, 6) is 1.45. The molecule has 160 valence electrons. The molecule has 1 N–H and O–H groups in total. The highest BCUT2D eigenvalue weighted by Crippen LogP contribution is 2.26. The molecular formula is C22H24N6O3. The van der Waals surface area contributed by atoms with Crippen LogP contribution in [0.25, 0.3) is 0 Å². The van der Waals surface area contributed by atoms with Gasteiger partial charge in [0.1, 0.15) is 11.6 Å². The van der Waals surface area contributed by atoms with Crippen LogP contribution in [0.5, 0.6) is 5.75 Å². The van der Waals surface area contributed by atoms with Crippen LogP contribution >= 0.6 is 0 Å². The number of carbonyl (C=O) groups excluding carboxylic acids is 2.